The van der Waals surface area contributed by atoms with Crippen molar-refractivity contribution < 1.29 is 19.7 Å². The van der Waals surface area contributed by atoms with Gasteiger partial charge in [0.05, 0.1) is 24.9 Å². The SMILES string of the molecule is COc1ccc2c(c1)C(c1ccc(Cl)cc1)=NC(CC(=O)NCCc1cc3cc(O)c(O)cc3s1)c1nnc(C)n1-2. The molecule has 208 valence electrons. The summed E-state index contributed by atoms with van der Waals surface area (Å²) in [5.41, 5.74) is 3.24. The van der Waals surface area contributed by atoms with E-state index in [1.54, 1.807) is 13.2 Å². The molecule has 0 saturated heterocycles. The number of aryl methyl sites for hydroxylation is 1. The lowest BCUT2D eigenvalue weighted by atomic mass is 10.00. The van der Waals surface area contributed by atoms with Crippen molar-refractivity contribution in [1.82, 2.24) is 20.1 Å². The topological polar surface area (TPSA) is 122 Å². The van der Waals surface area contributed by atoms with Gasteiger partial charge in [-0.05, 0) is 61.2 Å². The Morgan fingerprint density at radius 2 is 1.85 bits per heavy atom. The third-order valence-corrected chi connectivity index (χ3v) is 8.40. The van der Waals surface area contributed by atoms with Crippen LogP contribution in [0.3, 0.4) is 0 Å². The van der Waals surface area contributed by atoms with E-state index in [0.717, 1.165) is 31.8 Å². The van der Waals surface area contributed by atoms with E-state index in [-0.39, 0.29) is 23.8 Å². The summed E-state index contributed by atoms with van der Waals surface area (Å²) in [6, 6.07) is 17.7. The minimum absolute atomic E-state index is 0.0779. The molecule has 1 aliphatic heterocycles. The summed E-state index contributed by atoms with van der Waals surface area (Å²) in [7, 11) is 1.62. The molecule has 0 fully saturated rings. The Kier molecular flexibility index (Phi) is 7.10. The predicted octanol–water partition coefficient (Wildman–Crippen LogP) is 5.50. The smallest absolute Gasteiger partial charge is 0.222 e. The van der Waals surface area contributed by atoms with Crippen molar-refractivity contribution in [2.24, 2.45) is 4.99 Å². The number of aliphatic imine (C=N–C) groups is 1. The maximum atomic E-state index is 13.2. The van der Waals surface area contributed by atoms with Crippen LogP contribution >= 0.6 is 22.9 Å². The minimum atomic E-state index is -0.587. The van der Waals surface area contributed by atoms with Gasteiger partial charge in [-0.15, -0.1) is 21.5 Å². The molecule has 3 N–H and O–H groups in total. The zero-order chi connectivity index (χ0) is 28.7. The summed E-state index contributed by atoms with van der Waals surface area (Å²) in [5, 5.41) is 32.8. The molecule has 0 spiro atoms. The summed E-state index contributed by atoms with van der Waals surface area (Å²) in [4.78, 5) is 19.3. The van der Waals surface area contributed by atoms with Crippen LogP contribution in [-0.2, 0) is 11.2 Å². The van der Waals surface area contributed by atoms with E-state index in [1.807, 2.05) is 60.0 Å². The summed E-state index contributed by atoms with van der Waals surface area (Å²) in [6.45, 7) is 2.30. The first-order valence-corrected chi connectivity index (χ1v) is 14.2. The lowest BCUT2D eigenvalue weighted by molar-refractivity contribution is -0.121. The molecule has 0 bridgehead atoms. The molecule has 1 amide bonds. The Morgan fingerprint density at radius 3 is 2.63 bits per heavy atom. The van der Waals surface area contributed by atoms with Gasteiger partial charge in [-0.2, -0.15) is 0 Å². The lowest BCUT2D eigenvalue weighted by Gasteiger charge is -2.14. The molecule has 1 unspecified atom stereocenters. The standard InChI is InChI=1S/C30H26ClN5O4S/c1-16-34-35-30-23(14-28(39)32-10-9-21-11-18-12-25(37)26(38)15-27(18)41-21)33-29(17-3-5-19(31)6-4-17)22-13-20(40-2)7-8-24(22)36(16)30/h3-8,11-13,15,23,37-38H,9-10,14H2,1-2H3,(H,32,39). The van der Waals surface area contributed by atoms with E-state index in [0.29, 0.717) is 41.1 Å². The molecule has 2 aromatic heterocycles. The summed E-state index contributed by atoms with van der Waals surface area (Å²) in [6.07, 6.45) is 0.686. The van der Waals surface area contributed by atoms with E-state index in [1.165, 1.54) is 17.4 Å². The van der Waals surface area contributed by atoms with Crippen molar-refractivity contribution in [3.8, 4) is 22.9 Å². The number of ether oxygens (including phenoxy) is 1. The number of hydrogen-bond acceptors (Lipinski definition) is 8. The van der Waals surface area contributed by atoms with Gasteiger partial charge in [0, 0.05) is 38.3 Å². The van der Waals surface area contributed by atoms with E-state index in [9.17, 15) is 15.0 Å². The maximum Gasteiger partial charge on any atom is 0.222 e. The fourth-order valence-corrected chi connectivity index (χ4v) is 6.20. The fraction of sp³-hybridized carbons (Fsp3) is 0.200. The third kappa shape index (κ3) is 5.23. The van der Waals surface area contributed by atoms with Crippen LogP contribution in [0.2, 0.25) is 5.02 Å². The highest BCUT2D eigenvalue weighted by Gasteiger charge is 2.30. The molecule has 6 rings (SSSR count). The Balaban J connectivity index is 1.28. The normalized spacial score (nSPS) is 14.2. The fourth-order valence-electron chi connectivity index (χ4n) is 4.99. The number of nitrogens with one attached hydrogen (secondary N) is 1. The number of hydrogen-bond donors (Lipinski definition) is 3. The number of phenols is 2. The minimum Gasteiger partial charge on any atom is -0.504 e. The van der Waals surface area contributed by atoms with Gasteiger partial charge >= 0.3 is 0 Å². The number of phenolic OH excluding ortho intramolecular Hbond substituents is 2. The van der Waals surface area contributed by atoms with E-state index in [4.69, 9.17) is 21.3 Å². The number of benzene rings is 3. The summed E-state index contributed by atoms with van der Waals surface area (Å²) >= 11 is 7.69. The van der Waals surface area contributed by atoms with Gasteiger partial charge in [-0.3, -0.25) is 14.4 Å². The lowest BCUT2D eigenvalue weighted by Crippen LogP contribution is -2.27. The van der Waals surface area contributed by atoms with Crippen molar-refractivity contribution in [3.05, 3.63) is 93.3 Å². The number of rotatable bonds is 7. The summed E-state index contributed by atoms with van der Waals surface area (Å²) in [5.74, 6) is 1.48. The zero-order valence-electron chi connectivity index (χ0n) is 22.3. The van der Waals surface area contributed by atoms with Crippen molar-refractivity contribution in [2.75, 3.05) is 13.7 Å². The van der Waals surface area contributed by atoms with Gasteiger partial charge in [0.25, 0.3) is 0 Å². The molecule has 0 saturated carbocycles. The van der Waals surface area contributed by atoms with Crippen LogP contribution in [0.1, 0.15) is 40.1 Å². The highest BCUT2D eigenvalue weighted by Crippen LogP contribution is 2.36. The molecule has 0 radical (unpaired) electrons. The molecular weight excluding hydrogens is 562 g/mol. The first-order valence-electron chi connectivity index (χ1n) is 13.0. The van der Waals surface area contributed by atoms with Crippen LogP contribution in [0.4, 0.5) is 0 Å². The van der Waals surface area contributed by atoms with Crippen LogP contribution in [0.25, 0.3) is 15.8 Å². The first-order chi connectivity index (χ1) is 19.8. The number of fused-ring (bicyclic) bond motifs is 4. The maximum absolute atomic E-state index is 13.2. The van der Waals surface area contributed by atoms with E-state index < -0.39 is 6.04 Å². The van der Waals surface area contributed by atoms with Gasteiger partial charge in [0.15, 0.2) is 17.3 Å². The Hall–Kier alpha value is -4.41. The van der Waals surface area contributed by atoms with Gasteiger partial charge < -0.3 is 20.3 Å². The Labute approximate surface area is 244 Å². The summed E-state index contributed by atoms with van der Waals surface area (Å²) < 4.78 is 8.34. The van der Waals surface area contributed by atoms with Crippen molar-refractivity contribution in [2.45, 2.75) is 25.8 Å². The second-order valence-corrected chi connectivity index (χ2v) is 11.3. The average Bonchev–Trinajstić information content (AvgIpc) is 3.50. The second kappa shape index (κ2) is 10.9. The number of carbonyl (C=O) groups excluding carboxylic acids is 1. The quantitative estimate of drug-likeness (QED) is 0.216. The number of aromatic nitrogens is 3. The predicted molar refractivity (Wildman–Crippen MR) is 159 cm³/mol. The monoisotopic (exact) mass is 587 g/mol. The van der Waals surface area contributed by atoms with Crippen molar-refractivity contribution >= 4 is 44.6 Å². The van der Waals surface area contributed by atoms with Gasteiger partial charge in [0.1, 0.15) is 17.6 Å². The third-order valence-electron chi connectivity index (χ3n) is 6.99. The Morgan fingerprint density at radius 1 is 1.07 bits per heavy atom. The number of thiophene rings is 1. The van der Waals surface area contributed by atoms with Crippen molar-refractivity contribution in [1.29, 1.82) is 0 Å². The number of nitrogens with zero attached hydrogens (tertiary/aromatic N) is 4. The molecule has 5 aromatic rings. The molecule has 9 nitrogen and oxygen atoms in total. The Bertz CT molecular complexity index is 1770. The van der Waals surface area contributed by atoms with Crippen LogP contribution in [-0.4, -0.2) is 50.3 Å². The molecule has 3 aromatic carbocycles. The molecule has 3 heterocycles. The molecule has 11 heteroatoms. The molecule has 1 aliphatic rings. The number of halogens is 1. The largest absolute Gasteiger partial charge is 0.504 e. The zero-order valence-corrected chi connectivity index (χ0v) is 23.8. The van der Waals surface area contributed by atoms with Gasteiger partial charge in [-0.25, -0.2) is 0 Å². The van der Waals surface area contributed by atoms with Crippen molar-refractivity contribution in [3.63, 3.8) is 0 Å². The highest BCUT2D eigenvalue weighted by molar-refractivity contribution is 7.19. The number of methoxy groups -OCH3 is 1. The average molecular weight is 588 g/mol. The van der Waals surface area contributed by atoms with Crippen LogP contribution in [0, 0.1) is 6.92 Å². The van der Waals surface area contributed by atoms with Gasteiger partial charge in [-0.1, -0.05) is 23.7 Å². The second-order valence-electron chi connectivity index (χ2n) is 9.72. The van der Waals surface area contributed by atoms with E-state index >= 15 is 0 Å². The van der Waals surface area contributed by atoms with Gasteiger partial charge in [0.2, 0.25) is 5.91 Å². The molecule has 41 heavy (non-hydrogen) atoms. The van der Waals surface area contributed by atoms with Crippen LogP contribution < -0.4 is 10.1 Å². The number of aromatic hydroxyl groups is 2. The number of amides is 1. The number of carbonyl (C=O) groups is 1. The first kappa shape index (κ1) is 26.8. The van der Waals surface area contributed by atoms with Crippen LogP contribution in [0.15, 0.2) is 65.7 Å². The van der Waals surface area contributed by atoms with E-state index in [2.05, 4.69) is 15.5 Å². The van der Waals surface area contributed by atoms with Crippen LogP contribution in [0.5, 0.6) is 17.2 Å². The highest BCUT2D eigenvalue weighted by atomic mass is 35.5. The molecular formula is C30H26ClN5O4S. The molecule has 1 atom stereocenters. The molecule has 0 aliphatic carbocycles.